The molecule has 16 heteroatoms. The standard InChI is InChI=1S/C21H34N3O12P/c1-24(2,3)21(27)19(15-20(25)26)36-37(32,33)35-13-9-7-5-4-6-8-12-34-18-14-16(22(28)29)10-11-17(18)23(30)31/h10-11,14,19,21H,4-9,12-13,15H2,1-3H3,(H,25,26)(H,32,33). The summed E-state index contributed by atoms with van der Waals surface area (Å²) < 4.78 is 27.1. The van der Waals surface area contributed by atoms with Crippen LogP contribution in [0.4, 0.5) is 11.4 Å². The second kappa shape index (κ2) is 14.9. The largest absolute Gasteiger partial charge is 0.804 e. The number of rotatable bonds is 19. The lowest BCUT2D eigenvalue weighted by molar-refractivity contribution is -0.973. The number of carbonyl (C=O) groups is 1. The Morgan fingerprint density at radius 3 is 2.11 bits per heavy atom. The summed E-state index contributed by atoms with van der Waals surface area (Å²) in [6.45, 7) is 0.0166. The molecule has 0 aliphatic rings. The minimum atomic E-state index is -4.63. The van der Waals surface area contributed by atoms with Crippen LogP contribution in [0.15, 0.2) is 18.2 Å². The summed E-state index contributed by atoms with van der Waals surface area (Å²) in [4.78, 5) is 41.5. The summed E-state index contributed by atoms with van der Waals surface area (Å²) in [7, 11) is -0.0792. The number of phosphoric acid groups is 1. The maximum atomic E-state index is 12.4. The highest BCUT2D eigenvalue weighted by molar-refractivity contribution is 7.47. The van der Waals surface area contributed by atoms with Crippen LogP contribution < -0.4 is 9.84 Å². The molecule has 0 saturated heterocycles. The van der Waals surface area contributed by atoms with Crippen molar-refractivity contribution in [3.63, 3.8) is 0 Å². The van der Waals surface area contributed by atoms with Gasteiger partial charge in [0.15, 0.2) is 0 Å². The molecule has 0 bridgehead atoms. The van der Waals surface area contributed by atoms with Crippen molar-refractivity contribution in [1.29, 1.82) is 0 Å². The molecule has 0 aromatic heterocycles. The van der Waals surface area contributed by atoms with E-state index in [0.29, 0.717) is 19.3 Å². The summed E-state index contributed by atoms with van der Waals surface area (Å²) in [5.41, 5.74) is -0.660. The zero-order valence-electron chi connectivity index (χ0n) is 21.0. The van der Waals surface area contributed by atoms with Gasteiger partial charge in [-0.25, -0.2) is 4.57 Å². The van der Waals surface area contributed by atoms with Gasteiger partial charge in [0.05, 0.1) is 56.7 Å². The van der Waals surface area contributed by atoms with Gasteiger partial charge in [-0.3, -0.25) is 34.1 Å². The maximum absolute atomic E-state index is 12.4. The van der Waals surface area contributed by atoms with E-state index in [1.54, 1.807) is 0 Å². The van der Waals surface area contributed by atoms with Crippen molar-refractivity contribution in [2.75, 3.05) is 34.4 Å². The summed E-state index contributed by atoms with van der Waals surface area (Å²) in [6.07, 6.45) is -0.0371. The number of likely N-dealkylation sites (N-methyl/N-ethyl adjacent to an activating group) is 1. The van der Waals surface area contributed by atoms with Crippen molar-refractivity contribution in [1.82, 2.24) is 0 Å². The summed E-state index contributed by atoms with van der Waals surface area (Å²) >= 11 is 0. The number of nitro groups is 2. The quantitative estimate of drug-likeness (QED) is 0.0634. The first-order valence-electron chi connectivity index (χ1n) is 11.5. The molecule has 0 saturated carbocycles. The highest BCUT2D eigenvalue weighted by atomic mass is 31.2. The van der Waals surface area contributed by atoms with Crippen LogP contribution in [0.5, 0.6) is 5.75 Å². The Balaban J connectivity index is 2.32. The van der Waals surface area contributed by atoms with Crippen molar-refractivity contribution < 1.29 is 52.6 Å². The second-order valence-electron chi connectivity index (χ2n) is 9.19. The molecule has 210 valence electrons. The number of aliphatic carboxylic acids is 1. The van der Waals surface area contributed by atoms with Crippen LogP contribution in [0, 0.1) is 20.2 Å². The number of hydrogen-bond donors (Lipinski definition) is 2. The zero-order chi connectivity index (χ0) is 28.2. The van der Waals surface area contributed by atoms with Crippen LogP contribution in [0.1, 0.15) is 44.9 Å². The molecule has 0 fully saturated rings. The molecule has 1 rings (SSSR count). The number of non-ortho nitro benzene ring substituents is 1. The molecule has 2 N–H and O–H groups in total. The Morgan fingerprint density at radius 2 is 1.59 bits per heavy atom. The van der Waals surface area contributed by atoms with E-state index in [4.69, 9.17) is 18.9 Å². The van der Waals surface area contributed by atoms with Gasteiger partial charge in [-0.15, -0.1) is 0 Å². The first kappa shape index (κ1) is 32.3. The van der Waals surface area contributed by atoms with Crippen LogP contribution in [0.2, 0.25) is 0 Å². The highest BCUT2D eigenvalue weighted by Gasteiger charge is 2.34. The minimum Gasteiger partial charge on any atom is -0.804 e. The fourth-order valence-corrected chi connectivity index (χ4v) is 4.16. The van der Waals surface area contributed by atoms with Gasteiger partial charge < -0.3 is 24.3 Å². The number of quaternary nitrogens is 1. The molecule has 0 heterocycles. The third kappa shape index (κ3) is 12.4. The van der Waals surface area contributed by atoms with Crippen LogP contribution in [0.25, 0.3) is 0 Å². The number of phosphoric ester groups is 1. The molecule has 1 aromatic carbocycles. The molecule has 3 atom stereocenters. The number of unbranched alkanes of at least 4 members (excludes halogenated alkanes) is 5. The van der Waals surface area contributed by atoms with Gasteiger partial charge >= 0.3 is 19.5 Å². The number of nitro benzene ring substituents is 2. The van der Waals surface area contributed by atoms with E-state index in [1.807, 2.05) is 0 Å². The highest BCUT2D eigenvalue weighted by Crippen LogP contribution is 2.46. The predicted octanol–water partition coefficient (Wildman–Crippen LogP) is 2.59. The van der Waals surface area contributed by atoms with E-state index in [9.17, 15) is 39.6 Å². The molecule has 0 spiro atoms. The summed E-state index contributed by atoms with van der Waals surface area (Å²) in [5.74, 6) is -1.50. The molecule has 0 aliphatic heterocycles. The third-order valence-electron chi connectivity index (χ3n) is 5.13. The lowest BCUT2D eigenvalue weighted by Crippen LogP contribution is -2.60. The van der Waals surface area contributed by atoms with Crippen LogP contribution in [0.3, 0.4) is 0 Å². The van der Waals surface area contributed by atoms with Gasteiger partial charge in [-0.2, -0.15) is 0 Å². The summed E-state index contributed by atoms with van der Waals surface area (Å²) in [6, 6.07) is 3.09. The van der Waals surface area contributed by atoms with E-state index in [1.165, 1.54) is 21.1 Å². The fourth-order valence-electron chi connectivity index (χ4n) is 3.22. The SMILES string of the molecule is C[N+](C)(C)C([O-])C(CC(=O)O)OP(=O)(O)OCCCCCCCCOc1cc([N+](=O)[O-])ccc1[N+](=O)[O-]. The molecule has 1 aromatic rings. The van der Waals surface area contributed by atoms with Crippen molar-refractivity contribution >= 4 is 25.2 Å². The first-order valence-corrected chi connectivity index (χ1v) is 13.0. The predicted molar refractivity (Wildman–Crippen MR) is 128 cm³/mol. The Kier molecular flexibility index (Phi) is 13.0. The third-order valence-corrected chi connectivity index (χ3v) is 6.17. The molecule has 15 nitrogen and oxygen atoms in total. The zero-order valence-corrected chi connectivity index (χ0v) is 21.9. The van der Waals surface area contributed by atoms with Crippen LogP contribution in [-0.2, 0) is 18.4 Å². The van der Waals surface area contributed by atoms with Crippen LogP contribution in [-0.4, -0.2) is 77.0 Å². The Labute approximate surface area is 214 Å². The molecular formula is C21H34N3O12P. The molecule has 0 radical (unpaired) electrons. The summed E-state index contributed by atoms with van der Waals surface area (Å²) in [5, 5.41) is 43.3. The van der Waals surface area contributed by atoms with E-state index >= 15 is 0 Å². The van der Waals surface area contributed by atoms with E-state index < -0.39 is 42.4 Å². The molecule has 0 aliphatic carbocycles. The average molecular weight is 551 g/mol. The fraction of sp³-hybridized carbons (Fsp3) is 0.667. The normalized spacial score (nSPS) is 14.9. The second-order valence-corrected chi connectivity index (χ2v) is 10.6. The molecular weight excluding hydrogens is 517 g/mol. The Hall–Kier alpha value is -2.68. The van der Waals surface area contributed by atoms with Gasteiger partial charge in [0.1, 0.15) is 6.10 Å². The first-order chi connectivity index (χ1) is 17.1. The molecule has 3 unspecified atom stereocenters. The lowest BCUT2D eigenvalue weighted by Gasteiger charge is -2.42. The van der Waals surface area contributed by atoms with Crippen molar-refractivity contribution in [3.8, 4) is 5.75 Å². The van der Waals surface area contributed by atoms with E-state index in [0.717, 1.165) is 37.5 Å². The molecule has 37 heavy (non-hydrogen) atoms. The number of nitrogens with zero attached hydrogens (tertiary/aromatic N) is 3. The van der Waals surface area contributed by atoms with Crippen molar-refractivity contribution in [2.45, 2.75) is 57.3 Å². The van der Waals surface area contributed by atoms with E-state index in [2.05, 4.69) is 0 Å². The maximum Gasteiger partial charge on any atom is 0.472 e. The number of hydrogen-bond acceptors (Lipinski definition) is 10. The van der Waals surface area contributed by atoms with Gasteiger partial charge in [0.2, 0.25) is 5.75 Å². The average Bonchev–Trinajstić information content (AvgIpc) is 2.77. The lowest BCUT2D eigenvalue weighted by atomic mass is 10.1. The van der Waals surface area contributed by atoms with Crippen molar-refractivity contribution in [2.24, 2.45) is 0 Å². The smallest absolute Gasteiger partial charge is 0.472 e. The van der Waals surface area contributed by atoms with Crippen LogP contribution >= 0.6 is 7.82 Å². The van der Waals surface area contributed by atoms with Gasteiger partial charge in [-0.1, -0.05) is 25.7 Å². The van der Waals surface area contributed by atoms with E-state index in [-0.39, 0.29) is 34.8 Å². The van der Waals surface area contributed by atoms with Crippen molar-refractivity contribution in [3.05, 3.63) is 38.4 Å². The molecule has 0 amide bonds. The topological polar surface area (TPSA) is 212 Å². The Morgan fingerprint density at radius 1 is 1.03 bits per heavy atom. The van der Waals surface area contributed by atoms with Gasteiger partial charge in [-0.05, 0) is 12.8 Å². The minimum absolute atomic E-state index is 0.124. The monoisotopic (exact) mass is 551 g/mol. The number of carboxylic acids is 1. The van der Waals surface area contributed by atoms with Gasteiger partial charge in [0, 0.05) is 18.4 Å². The number of carboxylic acid groups (broad SMARTS) is 1. The number of benzene rings is 1. The number of ether oxygens (including phenoxy) is 1. The Bertz CT molecular complexity index is 969. The van der Waals surface area contributed by atoms with Gasteiger partial charge in [0.25, 0.3) is 5.69 Å².